The Morgan fingerprint density at radius 2 is 2.32 bits per heavy atom. The molecule has 96 valence electrons. The highest BCUT2D eigenvalue weighted by Gasteiger charge is 2.06. The summed E-state index contributed by atoms with van der Waals surface area (Å²) in [5, 5.41) is 11.9. The van der Waals surface area contributed by atoms with E-state index in [4.69, 9.17) is 4.74 Å². The molecule has 1 aromatic carbocycles. The maximum absolute atomic E-state index is 9.23. The number of nitriles is 1. The topological polar surface area (TPSA) is 45.9 Å². The number of benzene rings is 1. The number of thiazole rings is 1. The molecule has 0 aliphatic rings. The summed E-state index contributed by atoms with van der Waals surface area (Å²) in [5.74, 6) is 0.765. The van der Waals surface area contributed by atoms with E-state index < -0.39 is 0 Å². The van der Waals surface area contributed by atoms with Crippen LogP contribution in [0.3, 0.4) is 0 Å². The largest absolute Gasteiger partial charge is 0.496 e. The number of hydrogen-bond donors (Lipinski definition) is 0. The number of allylic oxidation sites excluding steroid dienone is 1. The van der Waals surface area contributed by atoms with Crippen molar-refractivity contribution in [3.8, 4) is 11.8 Å². The molecule has 0 aliphatic heterocycles. The molecule has 2 aromatic rings. The molecule has 0 amide bonds. The molecule has 5 heteroatoms. The monoisotopic (exact) mass is 334 g/mol. The first-order chi connectivity index (χ1) is 9.13. The first-order valence-electron chi connectivity index (χ1n) is 5.52. The summed E-state index contributed by atoms with van der Waals surface area (Å²) in [6.45, 7) is 1.92. The Kier molecular flexibility index (Phi) is 4.35. The highest BCUT2D eigenvalue weighted by molar-refractivity contribution is 9.10. The highest BCUT2D eigenvalue weighted by Crippen LogP contribution is 2.28. The van der Waals surface area contributed by atoms with Crippen LogP contribution < -0.4 is 4.74 Å². The molecule has 0 saturated heterocycles. The Labute approximate surface area is 124 Å². The van der Waals surface area contributed by atoms with Crippen molar-refractivity contribution >= 4 is 38.9 Å². The van der Waals surface area contributed by atoms with Gasteiger partial charge in [0, 0.05) is 11.1 Å². The quantitative estimate of drug-likeness (QED) is 0.786. The van der Waals surface area contributed by atoms with Gasteiger partial charge in [0.1, 0.15) is 16.8 Å². The third-order valence-electron chi connectivity index (χ3n) is 2.46. The molecule has 19 heavy (non-hydrogen) atoms. The van der Waals surface area contributed by atoms with Crippen LogP contribution in [0.4, 0.5) is 0 Å². The molecule has 1 heterocycles. The van der Waals surface area contributed by atoms with Gasteiger partial charge in [-0.2, -0.15) is 5.26 Å². The zero-order valence-electron chi connectivity index (χ0n) is 10.5. The summed E-state index contributed by atoms with van der Waals surface area (Å²) in [6.07, 6.45) is 1.82. The molecule has 0 aliphatic carbocycles. The maximum atomic E-state index is 9.23. The maximum Gasteiger partial charge on any atom is 0.134 e. The number of methoxy groups -OCH3 is 1. The highest BCUT2D eigenvalue weighted by atomic mass is 79.9. The van der Waals surface area contributed by atoms with Crippen LogP contribution in [-0.2, 0) is 0 Å². The van der Waals surface area contributed by atoms with Gasteiger partial charge < -0.3 is 4.74 Å². The van der Waals surface area contributed by atoms with Gasteiger partial charge in [-0.15, -0.1) is 11.3 Å². The zero-order chi connectivity index (χ0) is 13.8. The average molecular weight is 335 g/mol. The third-order valence-corrected chi connectivity index (χ3v) is 4.07. The molecular formula is C14H11BrN2OS. The Hall–Kier alpha value is -1.64. The van der Waals surface area contributed by atoms with Crippen LogP contribution in [0.25, 0.3) is 11.6 Å². The van der Waals surface area contributed by atoms with E-state index in [-0.39, 0.29) is 0 Å². The summed E-state index contributed by atoms with van der Waals surface area (Å²) >= 11 is 4.90. The lowest BCUT2D eigenvalue weighted by atomic mass is 10.1. The van der Waals surface area contributed by atoms with Crippen molar-refractivity contribution in [1.82, 2.24) is 4.98 Å². The molecule has 0 radical (unpaired) electrons. The molecule has 2 rings (SSSR count). The lowest BCUT2D eigenvalue weighted by Crippen LogP contribution is -1.85. The van der Waals surface area contributed by atoms with Crippen LogP contribution in [0.15, 0.2) is 28.1 Å². The van der Waals surface area contributed by atoms with E-state index in [1.807, 2.05) is 36.6 Å². The van der Waals surface area contributed by atoms with E-state index >= 15 is 0 Å². The number of hydrogen-bond acceptors (Lipinski definition) is 4. The van der Waals surface area contributed by atoms with Gasteiger partial charge in [0.05, 0.1) is 17.2 Å². The second kappa shape index (κ2) is 6.00. The predicted molar refractivity (Wildman–Crippen MR) is 81.0 cm³/mol. The fraction of sp³-hybridized carbons (Fsp3) is 0.143. The Morgan fingerprint density at radius 1 is 1.53 bits per heavy atom. The fourth-order valence-electron chi connectivity index (χ4n) is 1.56. The smallest absolute Gasteiger partial charge is 0.134 e. The minimum absolute atomic E-state index is 0.565. The summed E-state index contributed by atoms with van der Waals surface area (Å²) in [5.41, 5.74) is 2.42. The lowest BCUT2D eigenvalue weighted by Gasteiger charge is -2.03. The first kappa shape index (κ1) is 13.8. The molecule has 0 saturated carbocycles. The second-order valence-electron chi connectivity index (χ2n) is 3.86. The minimum Gasteiger partial charge on any atom is -0.496 e. The minimum atomic E-state index is 0.565. The van der Waals surface area contributed by atoms with Gasteiger partial charge >= 0.3 is 0 Å². The van der Waals surface area contributed by atoms with Crippen molar-refractivity contribution in [1.29, 1.82) is 5.26 Å². The molecule has 0 atom stereocenters. The van der Waals surface area contributed by atoms with Gasteiger partial charge in [-0.3, -0.25) is 0 Å². The van der Waals surface area contributed by atoms with Gasteiger partial charge in [-0.05, 0) is 46.6 Å². The van der Waals surface area contributed by atoms with E-state index in [1.165, 1.54) is 11.3 Å². The van der Waals surface area contributed by atoms with E-state index in [0.29, 0.717) is 5.57 Å². The third kappa shape index (κ3) is 3.22. The van der Waals surface area contributed by atoms with Crippen molar-refractivity contribution in [2.24, 2.45) is 0 Å². The summed E-state index contributed by atoms with van der Waals surface area (Å²) in [7, 11) is 1.62. The number of aryl methyl sites for hydroxylation is 1. The normalized spacial score (nSPS) is 11.2. The summed E-state index contributed by atoms with van der Waals surface area (Å²) in [6, 6.07) is 7.87. The predicted octanol–water partition coefficient (Wildman–Crippen LogP) is 4.29. The van der Waals surface area contributed by atoms with Crippen LogP contribution in [-0.4, -0.2) is 12.1 Å². The van der Waals surface area contributed by atoms with E-state index in [0.717, 1.165) is 26.5 Å². The molecule has 0 unspecified atom stereocenters. The lowest BCUT2D eigenvalue weighted by molar-refractivity contribution is 0.412. The van der Waals surface area contributed by atoms with E-state index in [9.17, 15) is 5.26 Å². The molecule has 1 aromatic heterocycles. The van der Waals surface area contributed by atoms with Crippen LogP contribution >= 0.6 is 27.3 Å². The molecule has 0 bridgehead atoms. The zero-order valence-corrected chi connectivity index (χ0v) is 12.9. The Balaban J connectivity index is 2.39. The van der Waals surface area contributed by atoms with Crippen molar-refractivity contribution in [2.75, 3.05) is 7.11 Å². The molecule has 0 spiro atoms. The SMILES string of the molecule is COc1ccc(/C=C(/C#N)c2nc(C)cs2)cc1Br. The van der Waals surface area contributed by atoms with Crippen LogP contribution in [0.2, 0.25) is 0 Å². The molecule has 3 nitrogen and oxygen atoms in total. The fourth-order valence-corrected chi connectivity index (χ4v) is 2.88. The van der Waals surface area contributed by atoms with Crippen molar-refractivity contribution in [3.63, 3.8) is 0 Å². The van der Waals surface area contributed by atoms with Crippen molar-refractivity contribution in [3.05, 3.63) is 44.3 Å². The molecular weight excluding hydrogens is 324 g/mol. The summed E-state index contributed by atoms with van der Waals surface area (Å²) < 4.78 is 6.03. The number of rotatable bonds is 3. The van der Waals surface area contributed by atoms with Crippen LogP contribution in [0.5, 0.6) is 5.75 Å². The van der Waals surface area contributed by atoms with Crippen molar-refractivity contribution < 1.29 is 4.74 Å². The number of halogens is 1. The van der Waals surface area contributed by atoms with Gasteiger partial charge in [0.15, 0.2) is 0 Å². The number of aromatic nitrogens is 1. The van der Waals surface area contributed by atoms with Gasteiger partial charge in [-0.25, -0.2) is 4.98 Å². The average Bonchev–Trinajstić information content (AvgIpc) is 2.82. The molecule has 0 fully saturated rings. The Morgan fingerprint density at radius 3 is 2.84 bits per heavy atom. The van der Waals surface area contributed by atoms with Crippen LogP contribution in [0.1, 0.15) is 16.3 Å². The number of nitrogens with zero attached hydrogens (tertiary/aromatic N) is 2. The number of ether oxygens (including phenoxy) is 1. The van der Waals surface area contributed by atoms with Crippen LogP contribution in [0, 0.1) is 18.3 Å². The molecule has 0 N–H and O–H groups in total. The van der Waals surface area contributed by atoms with Gasteiger partial charge in [0.2, 0.25) is 0 Å². The van der Waals surface area contributed by atoms with Gasteiger partial charge in [0.25, 0.3) is 0 Å². The first-order valence-corrected chi connectivity index (χ1v) is 7.19. The van der Waals surface area contributed by atoms with E-state index in [1.54, 1.807) is 7.11 Å². The summed E-state index contributed by atoms with van der Waals surface area (Å²) in [4.78, 5) is 4.33. The Bertz CT molecular complexity index is 670. The second-order valence-corrected chi connectivity index (χ2v) is 5.57. The van der Waals surface area contributed by atoms with Gasteiger partial charge in [-0.1, -0.05) is 6.07 Å². The van der Waals surface area contributed by atoms with Crippen molar-refractivity contribution in [2.45, 2.75) is 6.92 Å². The standard InChI is InChI=1S/C14H11BrN2OS/c1-9-8-19-14(17-9)11(7-16)5-10-3-4-13(18-2)12(15)6-10/h3-6,8H,1-2H3/b11-5-. The van der Waals surface area contributed by atoms with E-state index in [2.05, 4.69) is 27.0 Å².